The number of thioether (sulfide) groups is 1. The molecule has 0 aliphatic carbocycles. The topological polar surface area (TPSA) is 67.8 Å². The SMILES string of the molecule is CCNC(=NCc1ccc(OCCOc2ccccc2)nc1)NCCSC.I. The molecule has 0 atom stereocenters. The maximum absolute atomic E-state index is 5.61. The molecule has 2 aromatic rings. The van der Waals surface area contributed by atoms with Gasteiger partial charge < -0.3 is 20.1 Å². The van der Waals surface area contributed by atoms with E-state index in [9.17, 15) is 0 Å². The first-order chi connectivity index (χ1) is 13.3. The van der Waals surface area contributed by atoms with Crippen LogP contribution in [0.1, 0.15) is 12.5 Å². The molecular formula is C20H29IN4O2S. The van der Waals surface area contributed by atoms with Crippen LogP contribution in [0.2, 0.25) is 0 Å². The number of pyridine rings is 1. The monoisotopic (exact) mass is 516 g/mol. The van der Waals surface area contributed by atoms with Crippen LogP contribution in [-0.4, -0.2) is 49.3 Å². The van der Waals surface area contributed by atoms with Gasteiger partial charge in [-0.1, -0.05) is 24.3 Å². The molecule has 0 radical (unpaired) electrons. The van der Waals surface area contributed by atoms with Crippen LogP contribution in [0.4, 0.5) is 0 Å². The Hall–Kier alpha value is -1.68. The van der Waals surface area contributed by atoms with E-state index in [0.717, 1.165) is 36.1 Å². The van der Waals surface area contributed by atoms with E-state index in [1.165, 1.54) is 0 Å². The average molecular weight is 516 g/mol. The molecule has 1 aromatic heterocycles. The van der Waals surface area contributed by atoms with Crippen LogP contribution < -0.4 is 20.1 Å². The quantitative estimate of drug-likeness (QED) is 0.206. The van der Waals surface area contributed by atoms with Crippen molar-refractivity contribution in [2.75, 3.05) is 38.3 Å². The van der Waals surface area contributed by atoms with Crippen molar-refractivity contribution >= 4 is 41.7 Å². The number of ether oxygens (including phenoxy) is 2. The van der Waals surface area contributed by atoms with E-state index < -0.39 is 0 Å². The molecular weight excluding hydrogens is 487 g/mol. The molecule has 0 unspecified atom stereocenters. The van der Waals surface area contributed by atoms with Gasteiger partial charge in [0, 0.05) is 31.1 Å². The van der Waals surface area contributed by atoms with Gasteiger partial charge in [-0.15, -0.1) is 24.0 Å². The molecule has 0 aliphatic heterocycles. The molecule has 2 N–H and O–H groups in total. The number of guanidine groups is 1. The van der Waals surface area contributed by atoms with Crippen molar-refractivity contribution in [2.24, 2.45) is 4.99 Å². The van der Waals surface area contributed by atoms with Crippen LogP contribution in [0.25, 0.3) is 0 Å². The molecule has 0 fully saturated rings. The minimum Gasteiger partial charge on any atom is -0.490 e. The lowest BCUT2D eigenvalue weighted by molar-refractivity contribution is 0.212. The van der Waals surface area contributed by atoms with Gasteiger partial charge in [-0.2, -0.15) is 11.8 Å². The van der Waals surface area contributed by atoms with Crippen molar-refractivity contribution in [3.05, 3.63) is 54.2 Å². The lowest BCUT2D eigenvalue weighted by atomic mass is 10.3. The lowest BCUT2D eigenvalue weighted by Gasteiger charge is -2.10. The number of nitrogens with zero attached hydrogens (tertiary/aromatic N) is 2. The molecule has 8 heteroatoms. The largest absolute Gasteiger partial charge is 0.490 e. The molecule has 0 saturated heterocycles. The first-order valence-electron chi connectivity index (χ1n) is 9.08. The van der Waals surface area contributed by atoms with Crippen LogP contribution in [0.3, 0.4) is 0 Å². The number of aliphatic imine (C=N–C) groups is 1. The van der Waals surface area contributed by atoms with E-state index >= 15 is 0 Å². The summed E-state index contributed by atoms with van der Waals surface area (Å²) in [7, 11) is 0. The molecule has 1 heterocycles. The van der Waals surface area contributed by atoms with Gasteiger partial charge in [-0.05, 0) is 30.9 Å². The van der Waals surface area contributed by atoms with Crippen LogP contribution in [-0.2, 0) is 6.54 Å². The highest BCUT2D eigenvalue weighted by Gasteiger charge is 2.00. The van der Waals surface area contributed by atoms with E-state index in [1.807, 2.05) is 42.5 Å². The van der Waals surface area contributed by atoms with Crippen molar-refractivity contribution in [1.29, 1.82) is 0 Å². The molecule has 0 amide bonds. The van der Waals surface area contributed by atoms with Crippen molar-refractivity contribution in [1.82, 2.24) is 15.6 Å². The lowest BCUT2D eigenvalue weighted by Crippen LogP contribution is -2.38. The van der Waals surface area contributed by atoms with Crippen LogP contribution in [0.5, 0.6) is 11.6 Å². The van der Waals surface area contributed by atoms with E-state index in [4.69, 9.17) is 9.47 Å². The van der Waals surface area contributed by atoms with Gasteiger partial charge in [0.15, 0.2) is 5.96 Å². The average Bonchev–Trinajstić information content (AvgIpc) is 2.71. The van der Waals surface area contributed by atoms with Crippen molar-refractivity contribution < 1.29 is 9.47 Å². The highest BCUT2D eigenvalue weighted by atomic mass is 127. The second kappa shape index (κ2) is 15.3. The number of nitrogens with one attached hydrogen (secondary N) is 2. The molecule has 154 valence electrons. The van der Waals surface area contributed by atoms with Crippen molar-refractivity contribution in [3.8, 4) is 11.6 Å². The number of aromatic nitrogens is 1. The first kappa shape index (κ1) is 24.4. The van der Waals surface area contributed by atoms with E-state index in [-0.39, 0.29) is 24.0 Å². The Kier molecular flexibility index (Phi) is 13.3. The molecule has 28 heavy (non-hydrogen) atoms. The minimum atomic E-state index is 0. The van der Waals surface area contributed by atoms with E-state index in [1.54, 1.807) is 18.0 Å². The smallest absolute Gasteiger partial charge is 0.213 e. The number of hydrogen-bond acceptors (Lipinski definition) is 5. The van der Waals surface area contributed by atoms with Crippen LogP contribution in [0, 0.1) is 0 Å². The number of halogens is 1. The number of rotatable bonds is 11. The Morgan fingerprint density at radius 3 is 2.54 bits per heavy atom. The molecule has 0 spiro atoms. The highest BCUT2D eigenvalue weighted by molar-refractivity contribution is 14.0. The third-order valence-corrected chi connectivity index (χ3v) is 4.12. The molecule has 0 bridgehead atoms. The standard InChI is InChI=1S/C20H28N4O2S.HI/c1-3-21-20(22-11-14-27-2)24-16-17-9-10-19(23-15-17)26-13-12-25-18-7-5-4-6-8-18;/h4-10,15H,3,11-14,16H2,1-2H3,(H2,21,22,24);1H. The summed E-state index contributed by atoms with van der Waals surface area (Å²) in [6.45, 7) is 5.28. The fourth-order valence-corrected chi connectivity index (χ4v) is 2.50. The Bertz CT molecular complexity index is 672. The summed E-state index contributed by atoms with van der Waals surface area (Å²) in [5, 5.41) is 6.55. The second-order valence-electron chi connectivity index (χ2n) is 5.63. The third-order valence-electron chi connectivity index (χ3n) is 3.51. The summed E-state index contributed by atoms with van der Waals surface area (Å²) >= 11 is 1.81. The Morgan fingerprint density at radius 2 is 1.86 bits per heavy atom. The maximum atomic E-state index is 5.61. The second-order valence-corrected chi connectivity index (χ2v) is 6.61. The molecule has 0 aliphatic rings. The fourth-order valence-electron chi connectivity index (χ4n) is 2.20. The van der Waals surface area contributed by atoms with Gasteiger partial charge in [0.05, 0.1) is 6.54 Å². The summed E-state index contributed by atoms with van der Waals surface area (Å²) < 4.78 is 11.2. The minimum absolute atomic E-state index is 0. The molecule has 2 rings (SSSR count). The highest BCUT2D eigenvalue weighted by Crippen LogP contribution is 2.10. The zero-order valence-electron chi connectivity index (χ0n) is 16.4. The van der Waals surface area contributed by atoms with Gasteiger partial charge >= 0.3 is 0 Å². The Morgan fingerprint density at radius 1 is 1.07 bits per heavy atom. The number of para-hydroxylation sites is 1. The Balaban J connectivity index is 0.00000392. The number of hydrogen-bond donors (Lipinski definition) is 2. The van der Waals surface area contributed by atoms with Gasteiger partial charge in [0.2, 0.25) is 5.88 Å². The summed E-state index contributed by atoms with van der Waals surface area (Å²) in [5.41, 5.74) is 1.03. The van der Waals surface area contributed by atoms with Crippen LogP contribution in [0.15, 0.2) is 53.7 Å². The van der Waals surface area contributed by atoms with Crippen molar-refractivity contribution in [3.63, 3.8) is 0 Å². The zero-order valence-corrected chi connectivity index (χ0v) is 19.5. The zero-order chi connectivity index (χ0) is 19.2. The Labute approximate surface area is 188 Å². The normalized spacial score (nSPS) is 10.7. The first-order valence-corrected chi connectivity index (χ1v) is 10.5. The third kappa shape index (κ3) is 10.0. The van der Waals surface area contributed by atoms with Crippen LogP contribution >= 0.6 is 35.7 Å². The van der Waals surface area contributed by atoms with Gasteiger partial charge in [-0.25, -0.2) is 9.98 Å². The molecule has 0 saturated carbocycles. The molecule has 6 nitrogen and oxygen atoms in total. The maximum Gasteiger partial charge on any atom is 0.213 e. The summed E-state index contributed by atoms with van der Waals surface area (Å²) in [4.78, 5) is 8.91. The van der Waals surface area contributed by atoms with Crippen molar-refractivity contribution in [2.45, 2.75) is 13.5 Å². The summed E-state index contributed by atoms with van der Waals surface area (Å²) in [6.07, 6.45) is 3.89. The predicted molar refractivity (Wildman–Crippen MR) is 128 cm³/mol. The van der Waals surface area contributed by atoms with Gasteiger partial charge in [0.1, 0.15) is 19.0 Å². The number of benzene rings is 1. The fraction of sp³-hybridized carbons (Fsp3) is 0.400. The summed E-state index contributed by atoms with van der Waals surface area (Å²) in [5.74, 6) is 3.30. The van der Waals surface area contributed by atoms with E-state index in [0.29, 0.717) is 25.6 Å². The van der Waals surface area contributed by atoms with Gasteiger partial charge in [-0.3, -0.25) is 0 Å². The summed E-state index contributed by atoms with van der Waals surface area (Å²) in [6, 6.07) is 13.5. The predicted octanol–water partition coefficient (Wildman–Crippen LogP) is 3.58. The van der Waals surface area contributed by atoms with Gasteiger partial charge in [0.25, 0.3) is 0 Å². The van der Waals surface area contributed by atoms with E-state index in [2.05, 4.69) is 33.8 Å². The molecule has 1 aromatic carbocycles.